The molecule has 164 valence electrons. The molecule has 31 heavy (non-hydrogen) atoms. The fourth-order valence-corrected chi connectivity index (χ4v) is 5.45. The summed E-state index contributed by atoms with van der Waals surface area (Å²) in [5.74, 6) is -2.75. The molecule has 4 nitrogen and oxygen atoms in total. The van der Waals surface area contributed by atoms with Crippen LogP contribution >= 0.6 is 23.2 Å². The lowest BCUT2D eigenvalue weighted by atomic mass is 9.62. The number of hydrogen-bond acceptors (Lipinski definition) is 3. The van der Waals surface area contributed by atoms with E-state index in [0.717, 1.165) is 0 Å². The lowest BCUT2D eigenvalue weighted by molar-refractivity contribution is -0.122. The Bertz CT molecular complexity index is 1090. The second-order valence-corrected chi connectivity index (χ2v) is 10.2. The van der Waals surface area contributed by atoms with Crippen LogP contribution in [0, 0.1) is 17.0 Å². The first-order chi connectivity index (χ1) is 14.5. The van der Waals surface area contributed by atoms with Crippen molar-refractivity contribution in [3.8, 4) is 0 Å². The summed E-state index contributed by atoms with van der Waals surface area (Å²) in [6.45, 7) is 6.01. The molecular formula is C23H22Cl2F2N2O2. The molecule has 0 unspecified atom stereocenters. The van der Waals surface area contributed by atoms with Crippen LogP contribution in [0.15, 0.2) is 30.3 Å². The van der Waals surface area contributed by atoms with Crippen molar-refractivity contribution in [2.45, 2.75) is 50.6 Å². The predicted molar refractivity (Wildman–Crippen MR) is 117 cm³/mol. The van der Waals surface area contributed by atoms with E-state index in [9.17, 15) is 14.0 Å². The molecule has 4 rings (SSSR count). The number of aldehydes is 1. The highest BCUT2D eigenvalue weighted by atomic mass is 35.5. The van der Waals surface area contributed by atoms with E-state index in [4.69, 9.17) is 23.2 Å². The van der Waals surface area contributed by atoms with E-state index >= 15 is 4.39 Å². The number of carbonyl (C=O) groups excluding carboxylic acids is 2. The van der Waals surface area contributed by atoms with Crippen LogP contribution < -0.4 is 10.6 Å². The zero-order chi connectivity index (χ0) is 22.7. The maximum Gasteiger partial charge on any atom is 0.237 e. The SMILES string of the molecule is CC(C)(C)C[C@H]1N[C@@H](C=O)[C@H](c2cccc(Cl)c2F)[C@@]12C(=O)Nc1cc(Cl)c(F)cc12. The first-order valence-corrected chi connectivity index (χ1v) is 10.7. The number of anilines is 1. The van der Waals surface area contributed by atoms with Crippen LogP contribution in [0.5, 0.6) is 0 Å². The number of carbonyl (C=O) groups is 2. The fraction of sp³-hybridized carbons (Fsp3) is 0.391. The van der Waals surface area contributed by atoms with Gasteiger partial charge in [-0.3, -0.25) is 4.79 Å². The van der Waals surface area contributed by atoms with Crippen molar-refractivity contribution in [1.82, 2.24) is 5.32 Å². The first kappa shape index (κ1) is 22.2. The summed E-state index contributed by atoms with van der Waals surface area (Å²) in [7, 11) is 0. The van der Waals surface area contributed by atoms with Crippen LogP contribution in [0.4, 0.5) is 14.5 Å². The third-order valence-electron chi connectivity index (χ3n) is 6.20. The summed E-state index contributed by atoms with van der Waals surface area (Å²) in [5.41, 5.74) is -0.822. The van der Waals surface area contributed by atoms with E-state index < -0.39 is 41.0 Å². The van der Waals surface area contributed by atoms with Crippen molar-refractivity contribution >= 4 is 41.1 Å². The van der Waals surface area contributed by atoms with Gasteiger partial charge in [-0.05, 0) is 41.2 Å². The summed E-state index contributed by atoms with van der Waals surface area (Å²) < 4.78 is 29.8. The van der Waals surface area contributed by atoms with Crippen LogP contribution in [0.1, 0.15) is 44.2 Å². The fourth-order valence-electron chi connectivity index (χ4n) is 5.10. The van der Waals surface area contributed by atoms with Gasteiger partial charge in [-0.2, -0.15) is 0 Å². The minimum Gasteiger partial charge on any atom is -0.325 e. The van der Waals surface area contributed by atoms with Gasteiger partial charge in [-0.25, -0.2) is 8.78 Å². The van der Waals surface area contributed by atoms with Crippen LogP contribution in [0.25, 0.3) is 0 Å². The van der Waals surface area contributed by atoms with Crippen LogP contribution in [-0.2, 0) is 15.0 Å². The minimum atomic E-state index is -1.43. The second kappa shape index (κ2) is 7.54. The second-order valence-electron chi connectivity index (χ2n) is 9.40. The molecule has 2 heterocycles. The van der Waals surface area contributed by atoms with E-state index in [1.165, 1.54) is 24.3 Å². The molecule has 4 atom stereocenters. The largest absolute Gasteiger partial charge is 0.325 e. The summed E-state index contributed by atoms with van der Waals surface area (Å²) in [6, 6.07) is 5.62. The van der Waals surface area contributed by atoms with Crippen molar-refractivity contribution < 1.29 is 18.4 Å². The molecule has 1 fully saturated rings. The standard InChI is InChI=1S/C23H22Cl2F2N2O2/c1-22(2,3)9-18-23(12-7-15(26)14(25)8-16(12)29-21(23)31)19(17(10-30)28-18)11-5-4-6-13(24)20(11)27/h4-8,10,17-19,28H,9H2,1-3H3,(H,29,31)/t17-,18+,19-,23-/m0/s1. The van der Waals surface area contributed by atoms with Gasteiger partial charge in [0.15, 0.2) is 0 Å². The maximum absolute atomic E-state index is 15.2. The molecular weight excluding hydrogens is 445 g/mol. The highest BCUT2D eigenvalue weighted by molar-refractivity contribution is 6.31. The van der Waals surface area contributed by atoms with Crippen molar-refractivity contribution in [2.24, 2.45) is 5.41 Å². The Balaban J connectivity index is 2.04. The number of benzene rings is 2. The third-order valence-corrected chi connectivity index (χ3v) is 6.78. The molecule has 0 bridgehead atoms. The molecule has 1 saturated heterocycles. The monoisotopic (exact) mass is 466 g/mol. The highest BCUT2D eigenvalue weighted by Crippen LogP contribution is 2.57. The Morgan fingerprint density at radius 2 is 1.87 bits per heavy atom. The summed E-state index contributed by atoms with van der Waals surface area (Å²) in [4.78, 5) is 25.8. The summed E-state index contributed by atoms with van der Waals surface area (Å²) >= 11 is 12.0. The maximum atomic E-state index is 15.2. The molecule has 1 amide bonds. The van der Waals surface area contributed by atoms with Gasteiger partial charge in [0.2, 0.25) is 5.91 Å². The molecule has 2 aliphatic rings. The van der Waals surface area contributed by atoms with Gasteiger partial charge in [-0.15, -0.1) is 0 Å². The molecule has 0 aromatic heterocycles. The minimum absolute atomic E-state index is 0.113. The van der Waals surface area contributed by atoms with Crippen LogP contribution in [-0.4, -0.2) is 24.3 Å². The van der Waals surface area contributed by atoms with E-state index in [-0.39, 0.29) is 21.0 Å². The quantitative estimate of drug-likeness (QED) is 0.609. The van der Waals surface area contributed by atoms with Crippen molar-refractivity contribution in [1.29, 1.82) is 0 Å². The van der Waals surface area contributed by atoms with E-state index in [2.05, 4.69) is 10.6 Å². The van der Waals surface area contributed by atoms with Crippen molar-refractivity contribution in [3.63, 3.8) is 0 Å². The topological polar surface area (TPSA) is 58.2 Å². The van der Waals surface area contributed by atoms with Crippen LogP contribution in [0.2, 0.25) is 10.0 Å². The predicted octanol–water partition coefficient (Wildman–Crippen LogP) is 5.22. The van der Waals surface area contributed by atoms with E-state index in [0.29, 0.717) is 24.0 Å². The van der Waals surface area contributed by atoms with Crippen molar-refractivity contribution in [3.05, 3.63) is 63.1 Å². The molecule has 0 aliphatic carbocycles. The number of hydrogen-bond donors (Lipinski definition) is 2. The molecule has 2 aromatic carbocycles. The van der Waals surface area contributed by atoms with Crippen LogP contribution in [0.3, 0.4) is 0 Å². The Morgan fingerprint density at radius 3 is 2.52 bits per heavy atom. The summed E-state index contributed by atoms with van der Waals surface area (Å²) in [5, 5.41) is 5.78. The normalized spacial score (nSPS) is 27.5. The molecule has 0 saturated carbocycles. The number of fused-ring (bicyclic) bond motifs is 2. The van der Waals surface area contributed by atoms with Gasteiger partial charge in [0, 0.05) is 17.6 Å². The van der Waals surface area contributed by atoms with Gasteiger partial charge in [0.25, 0.3) is 0 Å². The van der Waals surface area contributed by atoms with Gasteiger partial charge < -0.3 is 15.4 Å². The van der Waals surface area contributed by atoms with Gasteiger partial charge in [0.05, 0.1) is 16.1 Å². The number of amides is 1. The van der Waals surface area contributed by atoms with Gasteiger partial charge >= 0.3 is 0 Å². The first-order valence-electron chi connectivity index (χ1n) is 9.97. The Kier molecular flexibility index (Phi) is 5.39. The van der Waals surface area contributed by atoms with Gasteiger partial charge in [0.1, 0.15) is 23.3 Å². The lowest BCUT2D eigenvalue weighted by Crippen LogP contribution is -2.49. The summed E-state index contributed by atoms with van der Waals surface area (Å²) in [6.07, 6.45) is 1.15. The average Bonchev–Trinajstić information content (AvgIpc) is 3.13. The third kappa shape index (κ3) is 3.36. The molecule has 8 heteroatoms. The molecule has 2 N–H and O–H groups in total. The van der Waals surface area contributed by atoms with Crippen molar-refractivity contribution in [2.75, 3.05) is 5.32 Å². The highest BCUT2D eigenvalue weighted by Gasteiger charge is 2.65. The molecule has 1 spiro atoms. The number of rotatable bonds is 3. The lowest BCUT2D eigenvalue weighted by Gasteiger charge is -2.37. The zero-order valence-electron chi connectivity index (χ0n) is 17.2. The van der Waals surface area contributed by atoms with E-state index in [1.54, 1.807) is 6.07 Å². The van der Waals surface area contributed by atoms with Gasteiger partial charge in [-0.1, -0.05) is 56.1 Å². The molecule has 2 aromatic rings. The Labute approximate surface area is 189 Å². The number of halogens is 4. The molecule has 2 aliphatic heterocycles. The Hall–Kier alpha value is -2.02. The molecule has 0 radical (unpaired) electrons. The number of nitrogens with one attached hydrogen (secondary N) is 2. The zero-order valence-corrected chi connectivity index (χ0v) is 18.7. The van der Waals surface area contributed by atoms with E-state index in [1.807, 2.05) is 20.8 Å². The smallest absolute Gasteiger partial charge is 0.237 e. The average molecular weight is 467 g/mol. The Morgan fingerprint density at radius 1 is 1.16 bits per heavy atom.